The number of H-pyrrole nitrogens is 1. The summed E-state index contributed by atoms with van der Waals surface area (Å²) in [6.07, 6.45) is 0.779. The van der Waals surface area contributed by atoms with Crippen molar-refractivity contribution in [3.63, 3.8) is 0 Å². The molecule has 0 amide bonds. The van der Waals surface area contributed by atoms with E-state index in [1.165, 1.54) is 11.3 Å². The molecule has 0 unspecified atom stereocenters. The third-order valence-electron chi connectivity index (χ3n) is 3.39. The molecule has 2 heterocycles. The number of hydrogen-bond donors (Lipinski definition) is 1. The molecule has 0 radical (unpaired) electrons. The molecule has 4 nitrogen and oxygen atoms in total. The molecule has 21 heavy (non-hydrogen) atoms. The van der Waals surface area contributed by atoms with Crippen molar-refractivity contribution in [1.29, 1.82) is 0 Å². The molecule has 110 valence electrons. The molecule has 2 aromatic heterocycles. The van der Waals surface area contributed by atoms with E-state index >= 15 is 0 Å². The summed E-state index contributed by atoms with van der Waals surface area (Å²) in [5.41, 5.74) is 0.845. The lowest BCUT2D eigenvalue weighted by molar-refractivity contribution is 0.141. The zero-order valence-electron chi connectivity index (χ0n) is 11.7. The van der Waals surface area contributed by atoms with Crippen LogP contribution < -0.4 is 5.56 Å². The Bertz CT molecular complexity index is 892. The Labute approximate surface area is 131 Å². The van der Waals surface area contributed by atoms with Crippen molar-refractivity contribution in [1.82, 2.24) is 9.55 Å². The lowest BCUT2D eigenvalue weighted by atomic mass is 10.2. The Hall–Kier alpha value is -1.50. The molecule has 3 aromatic rings. The molecule has 3 rings (SSSR count). The third-order valence-corrected chi connectivity index (χ3v) is 4.87. The van der Waals surface area contributed by atoms with Gasteiger partial charge in [-0.2, -0.15) is 0 Å². The number of nitrogens with zero attached hydrogens (tertiary/aromatic N) is 1. The maximum absolute atomic E-state index is 12.6. The number of hydrogen-bond acceptors (Lipinski definition) is 4. The van der Waals surface area contributed by atoms with Gasteiger partial charge in [0.1, 0.15) is 4.70 Å². The predicted molar refractivity (Wildman–Crippen MR) is 89.9 cm³/mol. The summed E-state index contributed by atoms with van der Waals surface area (Å²) in [7, 11) is 0. The average Bonchev–Trinajstić information content (AvgIpc) is 2.85. The summed E-state index contributed by atoms with van der Waals surface area (Å²) in [5.74, 6) is 0. The molecule has 0 saturated carbocycles. The fraction of sp³-hybridized carbons (Fsp3) is 0.333. The first-order valence-electron chi connectivity index (χ1n) is 6.94. The quantitative estimate of drug-likeness (QED) is 0.576. The van der Waals surface area contributed by atoms with E-state index in [1.807, 2.05) is 31.2 Å². The van der Waals surface area contributed by atoms with Gasteiger partial charge in [-0.25, -0.2) is 0 Å². The summed E-state index contributed by atoms with van der Waals surface area (Å²) in [6, 6.07) is 7.99. The molecule has 0 spiro atoms. The Morgan fingerprint density at radius 3 is 3.00 bits per heavy atom. The van der Waals surface area contributed by atoms with Gasteiger partial charge in [0.2, 0.25) is 0 Å². The fourth-order valence-electron chi connectivity index (χ4n) is 2.38. The second kappa shape index (κ2) is 6.09. The van der Waals surface area contributed by atoms with Crippen molar-refractivity contribution >= 4 is 43.9 Å². The largest absolute Gasteiger partial charge is 0.382 e. The Morgan fingerprint density at radius 2 is 2.19 bits per heavy atom. The Balaban J connectivity index is 2.09. The van der Waals surface area contributed by atoms with Gasteiger partial charge in [-0.1, -0.05) is 18.2 Å². The molecule has 0 fully saturated rings. The van der Waals surface area contributed by atoms with Gasteiger partial charge in [-0.15, -0.1) is 11.3 Å². The Morgan fingerprint density at radius 1 is 1.38 bits per heavy atom. The molecular formula is C15H16N2O2S2. The van der Waals surface area contributed by atoms with Gasteiger partial charge in [-0.3, -0.25) is 9.36 Å². The van der Waals surface area contributed by atoms with Crippen LogP contribution in [0, 0.1) is 4.77 Å². The summed E-state index contributed by atoms with van der Waals surface area (Å²) in [5, 5.41) is 1.06. The van der Waals surface area contributed by atoms with Gasteiger partial charge in [-0.05, 0) is 31.6 Å². The second-order valence-electron chi connectivity index (χ2n) is 4.74. The standard InChI is InChI=1S/C15H16N2O2S2/c1-2-19-9-5-8-17-14(18)13-12(16-15(17)20)10-6-3-4-7-11(10)21-13/h3-4,6-7H,2,5,8-9H2,1H3,(H,16,20). The average molecular weight is 320 g/mol. The first-order valence-corrected chi connectivity index (χ1v) is 8.17. The van der Waals surface area contributed by atoms with Gasteiger partial charge in [0, 0.05) is 29.8 Å². The van der Waals surface area contributed by atoms with E-state index in [9.17, 15) is 4.79 Å². The van der Waals surface area contributed by atoms with E-state index in [4.69, 9.17) is 17.0 Å². The van der Waals surface area contributed by atoms with Crippen molar-refractivity contribution < 1.29 is 4.74 Å². The van der Waals surface area contributed by atoms with E-state index in [0.717, 1.165) is 26.7 Å². The monoisotopic (exact) mass is 320 g/mol. The zero-order valence-corrected chi connectivity index (χ0v) is 13.4. The minimum absolute atomic E-state index is 0.00792. The highest BCUT2D eigenvalue weighted by molar-refractivity contribution is 7.71. The lowest BCUT2D eigenvalue weighted by Gasteiger charge is -2.06. The maximum atomic E-state index is 12.6. The number of benzene rings is 1. The van der Waals surface area contributed by atoms with Crippen molar-refractivity contribution in [2.75, 3.05) is 13.2 Å². The molecule has 0 bridgehead atoms. The number of aromatic amines is 1. The fourth-order valence-corrected chi connectivity index (χ4v) is 3.76. The Kier molecular flexibility index (Phi) is 4.19. The summed E-state index contributed by atoms with van der Waals surface area (Å²) in [4.78, 5) is 15.8. The molecule has 0 aliphatic rings. The van der Waals surface area contributed by atoms with Crippen molar-refractivity contribution in [3.05, 3.63) is 39.4 Å². The molecule has 6 heteroatoms. The molecular weight excluding hydrogens is 304 g/mol. The minimum Gasteiger partial charge on any atom is -0.382 e. The van der Waals surface area contributed by atoms with E-state index < -0.39 is 0 Å². The van der Waals surface area contributed by atoms with Gasteiger partial charge in [0.05, 0.1) is 5.52 Å². The highest BCUT2D eigenvalue weighted by atomic mass is 32.1. The molecule has 1 aromatic carbocycles. The summed E-state index contributed by atoms with van der Waals surface area (Å²) in [6.45, 7) is 3.87. The first-order chi connectivity index (χ1) is 10.2. The molecule has 0 atom stereocenters. The number of fused-ring (bicyclic) bond motifs is 3. The number of rotatable bonds is 5. The summed E-state index contributed by atoms with van der Waals surface area (Å²) >= 11 is 6.86. The minimum atomic E-state index is -0.00792. The van der Waals surface area contributed by atoms with Crippen molar-refractivity contribution in [2.45, 2.75) is 19.9 Å². The summed E-state index contributed by atoms with van der Waals surface area (Å²) < 4.78 is 9.26. The molecule has 0 aliphatic carbocycles. The van der Waals surface area contributed by atoms with Gasteiger partial charge < -0.3 is 9.72 Å². The topological polar surface area (TPSA) is 47.0 Å². The van der Waals surface area contributed by atoms with Crippen LogP contribution >= 0.6 is 23.6 Å². The van der Waals surface area contributed by atoms with Gasteiger partial charge in [0.15, 0.2) is 4.77 Å². The highest BCUT2D eigenvalue weighted by Crippen LogP contribution is 2.29. The van der Waals surface area contributed by atoms with Crippen LogP contribution in [0.2, 0.25) is 0 Å². The predicted octanol–water partition coefficient (Wildman–Crippen LogP) is 3.70. The van der Waals surface area contributed by atoms with E-state index in [2.05, 4.69) is 4.98 Å². The van der Waals surface area contributed by atoms with Crippen LogP contribution in [0.25, 0.3) is 20.3 Å². The highest BCUT2D eigenvalue weighted by Gasteiger charge is 2.11. The molecule has 1 N–H and O–H groups in total. The second-order valence-corrected chi connectivity index (χ2v) is 6.18. The van der Waals surface area contributed by atoms with Crippen LogP contribution in [0.3, 0.4) is 0 Å². The number of nitrogens with one attached hydrogen (secondary N) is 1. The van der Waals surface area contributed by atoms with Gasteiger partial charge in [0.25, 0.3) is 5.56 Å². The van der Waals surface area contributed by atoms with Crippen LogP contribution in [0.4, 0.5) is 0 Å². The zero-order chi connectivity index (χ0) is 14.8. The van der Waals surface area contributed by atoms with E-state index in [-0.39, 0.29) is 5.56 Å². The van der Waals surface area contributed by atoms with Crippen LogP contribution in [0.1, 0.15) is 13.3 Å². The van der Waals surface area contributed by atoms with Crippen molar-refractivity contribution in [2.24, 2.45) is 0 Å². The van der Waals surface area contributed by atoms with E-state index in [0.29, 0.717) is 24.5 Å². The van der Waals surface area contributed by atoms with E-state index in [1.54, 1.807) is 4.57 Å². The number of aromatic nitrogens is 2. The first kappa shape index (κ1) is 14.4. The van der Waals surface area contributed by atoms with Crippen LogP contribution in [0.5, 0.6) is 0 Å². The van der Waals surface area contributed by atoms with Crippen LogP contribution in [-0.4, -0.2) is 22.8 Å². The van der Waals surface area contributed by atoms with Crippen LogP contribution in [-0.2, 0) is 11.3 Å². The van der Waals surface area contributed by atoms with Crippen molar-refractivity contribution in [3.8, 4) is 0 Å². The SMILES string of the molecule is CCOCCCn1c(=S)[nH]c2c(sc3ccccc32)c1=O. The maximum Gasteiger partial charge on any atom is 0.272 e. The molecule has 0 saturated heterocycles. The number of ether oxygens (including phenoxy) is 1. The third kappa shape index (κ3) is 2.66. The van der Waals surface area contributed by atoms with Crippen LogP contribution in [0.15, 0.2) is 29.1 Å². The lowest BCUT2D eigenvalue weighted by Crippen LogP contribution is -2.22. The smallest absolute Gasteiger partial charge is 0.272 e. The normalized spacial score (nSPS) is 11.5. The molecule has 0 aliphatic heterocycles. The number of thiophene rings is 1. The van der Waals surface area contributed by atoms with Gasteiger partial charge >= 0.3 is 0 Å².